The van der Waals surface area contributed by atoms with Gasteiger partial charge in [0.1, 0.15) is 5.82 Å². The SMILES string of the molecule is CCn1c(C2CC(NC(=O)c3cccc(F)c3)NN2)cc2ccccc21. The second-order valence-corrected chi connectivity index (χ2v) is 6.49. The summed E-state index contributed by atoms with van der Waals surface area (Å²) >= 11 is 0. The Balaban J connectivity index is 1.50. The third kappa shape index (κ3) is 3.09. The van der Waals surface area contributed by atoms with E-state index in [4.69, 9.17) is 0 Å². The van der Waals surface area contributed by atoms with Gasteiger partial charge in [0.05, 0.1) is 12.2 Å². The maximum absolute atomic E-state index is 13.3. The number of rotatable bonds is 4. The normalized spacial score (nSPS) is 19.8. The molecule has 2 heterocycles. The van der Waals surface area contributed by atoms with E-state index in [-0.39, 0.29) is 18.1 Å². The van der Waals surface area contributed by atoms with Gasteiger partial charge < -0.3 is 9.88 Å². The Morgan fingerprint density at radius 1 is 1.19 bits per heavy atom. The highest BCUT2D eigenvalue weighted by atomic mass is 19.1. The molecular weight excluding hydrogens is 331 g/mol. The van der Waals surface area contributed by atoms with E-state index in [2.05, 4.69) is 45.9 Å². The molecule has 26 heavy (non-hydrogen) atoms. The molecule has 0 bridgehead atoms. The number of hydrogen-bond donors (Lipinski definition) is 3. The van der Waals surface area contributed by atoms with E-state index in [1.165, 1.54) is 34.8 Å². The first kappa shape index (κ1) is 16.8. The van der Waals surface area contributed by atoms with E-state index in [0.29, 0.717) is 12.0 Å². The fourth-order valence-corrected chi connectivity index (χ4v) is 3.59. The van der Waals surface area contributed by atoms with Crippen molar-refractivity contribution in [3.05, 3.63) is 71.7 Å². The van der Waals surface area contributed by atoms with Crippen molar-refractivity contribution < 1.29 is 9.18 Å². The van der Waals surface area contributed by atoms with Crippen LogP contribution in [0.15, 0.2) is 54.6 Å². The molecule has 1 saturated heterocycles. The summed E-state index contributed by atoms with van der Waals surface area (Å²) in [5.74, 6) is -0.707. The van der Waals surface area contributed by atoms with Crippen LogP contribution in [-0.4, -0.2) is 16.6 Å². The van der Waals surface area contributed by atoms with Crippen molar-refractivity contribution in [3.8, 4) is 0 Å². The van der Waals surface area contributed by atoms with Gasteiger partial charge in [0.15, 0.2) is 0 Å². The summed E-state index contributed by atoms with van der Waals surface area (Å²) in [7, 11) is 0. The fourth-order valence-electron chi connectivity index (χ4n) is 3.59. The smallest absolute Gasteiger partial charge is 0.252 e. The molecule has 2 atom stereocenters. The number of hydrogen-bond acceptors (Lipinski definition) is 3. The Morgan fingerprint density at radius 3 is 2.85 bits per heavy atom. The molecule has 1 amide bonds. The molecule has 0 aliphatic carbocycles. The first-order chi connectivity index (χ1) is 12.7. The minimum Gasteiger partial charge on any atom is -0.343 e. The minimum atomic E-state index is -0.416. The predicted octanol–water partition coefficient (Wildman–Crippen LogP) is 3.10. The molecule has 2 aromatic carbocycles. The number of hydrazine groups is 1. The van der Waals surface area contributed by atoms with Crippen LogP contribution < -0.4 is 16.2 Å². The maximum Gasteiger partial charge on any atom is 0.252 e. The molecule has 0 saturated carbocycles. The highest BCUT2D eigenvalue weighted by molar-refractivity contribution is 5.94. The van der Waals surface area contributed by atoms with E-state index in [1.54, 1.807) is 6.07 Å². The first-order valence-corrected chi connectivity index (χ1v) is 8.81. The van der Waals surface area contributed by atoms with Crippen LogP contribution in [0.5, 0.6) is 0 Å². The summed E-state index contributed by atoms with van der Waals surface area (Å²) in [5.41, 5.74) is 9.10. The molecule has 1 aliphatic rings. The van der Waals surface area contributed by atoms with Crippen LogP contribution >= 0.6 is 0 Å². The van der Waals surface area contributed by atoms with Crippen molar-refractivity contribution in [1.82, 2.24) is 20.7 Å². The van der Waals surface area contributed by atoms with E-state index in [9.17, 15) is 9.18 Å². The number of amides is 1. The third-order valence-electron chi connectivity index (χ3n) is 4.81. The molecule has 5 nitrogen and oxygen atoms in total. The van der Waals surface area contributed by atoms with Gasteiger partial charge in [0.25, 0.3) is 5.91 Å². The summed E-state index contributed by atoms with van der Waals surface area (Å²) in [5, 5.41) is 4.11. The largest absolute Gasteiger partial charge is 0.343 e. The standard InChI is InChI=1S/C20H21FN4O/c1-2-25-17-9-4-3-6-13(17)11-18(25)16-12-19(24-23-16)22-20(26)14-7-5-8-15(21)10-14/h3-11,16,19,23-24H,2,12H2,1H3,(H,22,26). The molecule has 4 rings (SSSR count). The molecule has 3 N–H and O–H groups in total. The molecule has 6 heteroatoms. The number of carbonyl (C=O) groups is 1. The summed E-state index contributed by atoms with van der Waals surface area (Å²) in [6.45, 7) is 3.00. The van der Waals surface area contributed by atoms with Gasteiger partial charge in [-0.2, -0.15) is 0 Å². The highest BCUT2D eigenvalue weighted by Gasteiger charge is 2.28. The fraction of sp³-hybridized carbons (Fsp3) is 0.250. The van der Waals surface area contributed by atoms with Crippen LogP contribution in [0.1, 0.15) is 35.4 Å². The molecule has 134 valence electrons. The van der Waals surface area contributed by atoms with Gasteiger partial charge in [-0.25, -0.2) is 15.2 Å². The van der Waals surface area contributed by atoms with Crippen molar-refractivity contribution in [3.63, 3.8) is 0 Å². The van der Waals surface area contributed by atoms with Crippen LogP contribution in [0.4, 0.5) is 4.39 Å². The molecule has 0 radical (unpaired) electrons. The number of carbonyl (C=O) groups excluding carboxylic acids is 1. The third-order valence-corrected chi connectivity index (χ3v) is 4.81. The number of halogens is 1. The van der Waals surface area contributed by atoms with Gasteiger partial charge in [-0.3, -0.25) is 4.79 Å². The van der Waals surface area contributed by atoms with Gasteiger partial charge in [-0.1, -0.05) is 24.3 Å². The Morgan fingerprint density at radius 2 is 2.04 bits per heavy atom. The van der Waals surface area contributed by atoms with Gasteiger partial charge in [-0.05, 0) is 42.6 Å². The van der Waals surface area contributed by atoms with Crippen molar-refractivity contribution in [2.45, 2.75) is 32.1 Å². The zero-order chi connectivity index (χ0) is 18.1. The van der Waals surface area contributed by atoms with Crippen molar-refractivity contribution in [2.24, 2.45) is 0 Å². The van der Waals surface area contributed by atoms with E-state index < -0.39 is 5.82 Å². The summed E-state index contributed by atoms with van der Waals surface area (Å²) in [6, 6.07) is 16.3. The van der Waals surface area contributed by atoms with Crippen molar-refractivity contribution >= 4 is 16.8 Å². The second kappa shape index (κ2) is 6.90. The van der Waals surface area contributed by atoms with E-state index in [1.807, 2.05) is 12.1 Å². The number of aromatic nitrogens is 1. The maximum atomic E-state index is 13.3. The van der Waals surface area contributed by atoms with Gasteiger partial charge in [0.2, 0.25) is 0 Å². The van der Waals surface area contributed by atoms with E-state index >= 15 is 0 Å². The lowest BCUT2D eigenvalue weighted by molar-refractivity contribution is 0.0932. The average Bonchev–Trinajstić information content (AvgIpc) is 3.25. The number of para-hydroxylation sites is 1. The molecule has 1 aromatic heterocycles. The quantitative estimate of drug-likeness (QED) is 0.676. The molecule has 1 fully saturated rings. The number of nitrogens with one attached hydrogen (secondary N) is 3. The molecule has 2 unspecified atom stereocenters. The zero-order valence-corrected chi connectivity index (χ0v) is 14.5. The van der Waals surface area contributed by atoms with Crippen LogP contribution in [0, 0.1) is 5.82 Å². The summed E-state index contributed by atoms with van der Waals surface area (Å²) in [6.07, 6.45) is 0.483. The lowest BCUT2D eigenvalue weighted by Crippen LogP contribution is -2.44. The van der Waals surface area contributed by atoms with Crippen LogP contribution in [0.3, 0.4) is 0 Å². The zero-order valence-electron chi connectivity index (χ0n) is 14.5. The van der Waals surface area contributed by atoms with E-state index in [0.717, 1.165) is 6.54 Å². The highest BCUT2D eigenvalue weighted by Crippen LogP contribution is 2.28. The number of aryl methyl sites for hydroxylation is 1. The number of fused-ring (bicyclic) bond motifs is 1. The van der Waals surface area contributed by atoms with Crippen molar-refractivity contribution in [1.29, 1.82) is 0 Å². The molecular formula is C20H21FN4O. The Bertz CT molecular complexity index is 952. The van der Waals surface area contributed by atoms with Crippen LogP contribution in [0.2, 0.25) is 0 Å². The van der Waals surface area contributed by atoms with Gasteiger partial charge >= 0.3 is 0 Å². The molecule has 0 spiro atoms. The van der Waals surface area contributed by atoms with Crippen LogP contribution in [-0.2, 0) is 6.54 Å². The number of benzene rings is 2. The second-order valence-electron chi connectivity index (χ2n) is 6.49. The Kier molecular flexibility index (Phi) is 4.44. The molecule has 3 aromatic rings. The first-order valence-electron chi connectivity index (χ1n) is 8.81. The van der Waals surface area contributed by atoms with Gasteiger partial charge in [-0.15, -0.1) is 0 Å². The number of nitrogens with zero attached hydrogens (tertiary/aromatic N) is 1. The monoisotopic (exact) mass is 352 g/mol. The summed E-state index contributed by atoms with van der Waals surface area (Å²) in [4.78, 5) is 12.3. The average molecular weight is 352 g/mol. The lowest BCUT2D eigenvalue weighted by atomic mass is 10.1. The topological polar surface area (TPSA) is 58.1 Å². The van der Waals surface area contributed by atoms with Gasteiger partial charge in [0, 0.05) is 29.7 Å². The Labute approximate surface area is 151 Å². The lowest BCUT2D eigenvalue weighted by Gasteiger charge is -2.14. The van der Waals surface area contributed by atoms with Crippen LogP contribution in [0.25, 0.3) is 10.9 Å². The summed E-state index contributed by atoms with van der Waals surface area (Å²) < 4.78 is 15.6. The van der Waals surface area contributed by atoms with Crippen molar-refractivity contribution in [2.75, 3.05) is 0 Å². The predicted molar refractivity (Wildman–Crippen MR) is 98.9 cm³/mol. The molecule has 1 aliphatic heterocycles. The Hall–Kier alpha value is -2.70. The minimum absolute atomic E-state index is 0.0835.